The van der Waals surface area contributed by atoms with Crippen LogP contribution in [0.4, 0.5) is 4.39 Å². The van der Waals surface area contributed by atoms with Crippen molar-refractivity contribution in [3.63, 3.8) is 0 Å². The highest BCUT2D eigenvalue weighted by atomic mass is 19.1. The fraction of sp³-hybridized carbons (Fsp3) is 0.176. The van der Waals surface area contributed by atoms with E-state index >= 15 is 0 Å². The first-order valence-electron chi connectivity index (χ1n) is 7.46. The number of rotatable bonds is 6. The average Bonchev–Trinajstić information content (AvgIpc) is 3.09. The van der Waals surface area contributed by atoms with Gasteiger partial charge in [0.25, 0.3) is 0 Å². The smallest absolute Gasteiger partial charge is 0.246 e. The molecular weight excluding hydrogens is 311 g/mol. The highest BCUT2D eigenvalue weighted by Gasteiger charge is 2.10. The Morgan fingerprint density at radius 3 is 2.75 bits per heavy atom. The van der Waals surface area contributed by atoms with E-state index < -0.39 is 0 Å². The van der Waals surface area contributed by atoms with Gasteiger partial charge in [0.05, 0.1) is 6.54 Å². The minimum Gasteiger partial charge on any atom is -0.347 e. The summed E-state index contributed by atoms with van der Waals surface area (Å²) in [6.07, 6.45) is 2.48. The Hall–Kier alpha value is -3.09. The predicted octanol–water partition coefficient (Wildman–Crippen LogP) is 2.52. The van der Waals surface area contributed by atoms with Gasteiger partial charge in [0.2, 0.25) is 17.6 Å². The van der Waals surface area contributed by atoms with Crippen LogP contribution in [0, 0.1) is 5.82 Å². The summed E-state index contributed by atoms with van der Waals surface area (Å²) in [6.45, 7) is 0.155. The standard InChI is InChI=1S/C17H15FN4O2/c18-13-7-4-12(5-8-13)6-9-15(23)20-11-16-21-17(22-24-16)14-3-1-2-10-19-14/h1-5,7-8,10H,6,9,11H2,(H,20,23). The fourth-order valence-electron chi connectivity index (χ4n) is 2.10. The third kappa shape index (κ3) is 4.22. The number of carbonyl (C=O) groups excluding carboxylic acids is 1. The molecule has 24 heavy (non-hydrogen) atoms. The molecule has 2 heterocycles. The lowest BCUT2D eigenvalue weighted by Crippen LogP contribution is -2.23. The van der Waals surface area contributed by atoms with E-state index in [2.05, 4.69) is 20.4 Å². The van der Waals surface area contributed by atoms with Crippen LogP contribution in [0.15, 0.2) is 53.2 Å². The van der Waals surface area contributed by atoms with Crippen LogP contribution in [0.1, 0.15) is 17.9 Å². The molecule has 7 heteroatoms. The van der Waals surface area contributed by atoms with Crippen molar-refractivity contribution in [2.24, 2.45) is 0 Å². The fourth-order valence-corrected chi connectivity index (χ4v) is 2.10. The molecule has 122 valence electrons. The molecule has 0 unspecified atom stereocenters. The van der Waals surface area contributed by atoms with E-state index in [0.717, 1.165) is 5.56 Å². The summed E-state index contributed by atoms with van der Waals surface area (Å²) in [5.41, 5.74) is 1.51. The third-order valence-electron chi connectivity index (χ3n) is 3.35. The number of hydrogen-bond donors (Lipinski definition) is 1. The van der Waals surface area contributed by atoms with Crippen molar-refractivity contribution in [3.05, 3.63) is 65.9 Å². The summed E-state index contributed by atoms with van der Waals surface area (Å²) >= 11 is 0. The average molecular weight is 326 g/mol. The highest BCUT2D eigenvalue weighted by Crippen LogP contribution is 2.11. The second kappa shape index (κ2) is 7.45. The Bertz CT molecular complexity index is 803. The Kier molecular flexibility index (Phi) is 4.90. The molecule has 3 aromatic rings. The first kappa shape index (κ1) is 15.8. The van der Waals surface area contributed by atoms with Gasteiger partial charge in [-0.1, -0.05) is 23.4 Å². The van der Waals surface area contributed by atoms with Gasteiger partial charge in [0, 0.05) is 12.6 Å². The summed E-state index contributed by atoms with van der Waals surface area (Å²) in [5.74, 6) is 0.261. The number of benzene rings is 1. The van der Waals surface area contributed by atoms with Crippen LogP contribution in [-0.4, -0.2) is 21.0 Å². The van der Waals surface area contributed by atoms with Crippen LogP contribution in [0.5, 0.6) is 0 Å². The minimum atomic E-state index is -0.289. The van der Waals surface area contributed by atoms with E-state index in [1.165, 1.54) is 12.1 Å². The molecule has 1 amide bonds. The van der Waals surface area contributed by atoms with E-state index in [1.807, 2.05) is 6.07 Å². The second-order valence-corrected chi connectivity index (χ2v) is 5.13. The van der Waals surface area contributed by atoms with Crippen molar-refractivity contribution in [1.82, 2.24) is 20.4 Å². The maximum Gasteiger partial charge on any atom is 0.246 e. The van der Waals surface area contributed by atoms with Crippen LogP contribution in [0.25, 0.3) is 11.5 Å². The van der Waals surface area contributed by atoms with Crippen molar-refractivity contribution < 1.29 is 13.7 Å². The normalized spacial score (nSPS) is 10.5. The van der Waals surface area contributed by atoms with Gasteiger partial charge in [-0.05, 0) is 36.2 Å². The SMILES string of the molecule is O=C(CCc1ccc(F)cc1)NCc1nc(-c2ccccn2)no1. The minimum absolute atomic E-state index is 0.142. The number of nitrogens with zero attached hydrogens (tertiary/aromatic N) is 3. The number of amides is 1. The van der Waals surface area contributed by atoms with Crippen molar-refractivity contribution in [2.45, 2.75) is 19.4 Å². The van der Waals surface area contributed by atoms with E-state index in [-0.39, 0.29) is 18.3 Å². The van der Waals surface area contributed by atoms with Crippen LogP contribution in [0.2, 0.25) is 0 Å². The van der Waals surface area contributed by atoms with Gasteiger partial charge in [0.1, 0.15) is 11.5 Å². The van der Waals surface area contributed by atoms with Gasteiger partial charge in [-0.3, -0.25) is 9.78 Å². The van der Waals surface area contributed by atoms with Crippen molar-refractivity contribution >= 4 is 5.91 Å². The summed E-state index contributed by atoms with van der Waals surface area (Å²) in [7, 11) is 0. The van der Waals surface area contributed by atoms with Crippen LogP contribution in [-0.2, 0) is 17.8 Å². The van der Waals surface area contributed by atoms with E-state index in [9.17, 15) is 9.18 Å². The number of halogens is 1. The lowest BCUT2D eigenvalue weighted by atomic mass is 10.1. The molecule has 0 spiro atoms. The zero-order valence-corrected chi connectivity index (χ0v) is 12.8. The summed E-state index contributed by atoms with van der Waals surface area (Å²) in [5, 5.41) is 6.55. The Balaban J connectivity index is 1.48. The van der Waals surface area contributed by atoms with E-state index in [0.29, 0.717) is 30.3 Å². The first-order chi connectivity index (χ1) is 11.7. The predicted molar refractivity (Wildman–Crippen MR) is 84.1 cm³/mol. The zero-order valence-electron chi connectivity index (χ0n) is 12.8. The number of pyridine rings is 1. The van der Waals surface area contributed by atoms with Gasteiger partial charge in [-0.25, -0.2) is 4.39 Å². The summed E-state index contributed by atoms with van der Waals surface area (Å²) < 4.78 is 17.9. The lowest BCUT2D eigenvalue weighted by molar-refractivity contribution is -0.121. The molecule has 0 aliphatic carbocycles. The third-order valence-corrected chi connectivity index (χ3v) is 3.35. The Morgan fingerprint density at radius 2 is 2.00 bits per heavy atom. The van der Waals surface area contributed by atoms with Crippen molar-refractivity contribution in [3.8, 4) is 11.5 Å². The maximum absolute atomic E-state index is 12.8. The Labute approximate surface area is 137 Å². The van der Waals surface area contributed by atoms with Crippen molar-refractivity contribution in [1.29, 1.82) is 0 Å². The molecule has 1 aromatic carbocycles. The molecule has 0 aliphatic rings. The largest absolute Gasteiger partial charge is 0.347 e. The summed E-state index contributed by atoms with van der Waals surface area (Å²) in [6, 6.07) is 11.5. The quantitative estimate of drug-likeness (QED) is 0.753. The molecule has 0 bridgehead atoms. The molecule has 0 aliphatic heterocycles. The molecule has 0 atom stereocenters. The first-order valence-corrected chi connectivity index (χ1v) is 7.46. The molecule has 6 nitrogen and oxygen atoms in total. The molecular formula is C17H15FN4O2. The topological polar surface area (TPSA) is 80.9 Å². The van der Waals surface area contributed by atoms with Crippen molar-refractivity contribution in [2.75, 3.05) is 0 Å². The molecule has 0 fully saturated rings. The second-order valence-electron chi connectivity index (χ2n) is 5.13. The summed E-state index contributed by atoms with van der Waals surface area (Å²) in [4.78, 5) is 20.2. The zero-order chi connectivity index (χ0) is 16.8. The number of hydrogen-bond acceptors (Lipinski definition) is 5. The van der Waals surface area contributed by atoms with Gasteiger partial charge >= 0.3 is 0 Å². The number of nitrogens with one attached hydrogen (secondary N) is 1. The van der Waals surface area contributed by atoms with Gasteiger partial charge < -0.3 is 9.84 Å². The van der Waals surface area contributed by atoms with Crippen LogP contribution >= 0.6 is 0 Å². The molecule has 2 aromatic heterocycles. The molecule has 0 saturated heterocycles. The van der Waals surface area contributed by atoms with Gasteiger partial charge in [-0.2, -0.15) is 4.98 Å². The highest BCUT2D eigenvalue weighted by molar-refractivity contribution is 5.76. The maximum atomic E-state index is 12.8. The molecule has 0 saturated carbocycles. The number of carbonyl (C=O) groups is 1. The number of aromatic nitrogens is 3. The van der Waals surface area contributed by atoms with Crippen LogP contribution in [0.3, 0.4) is 0 Å². The monoisotopic (exact) mass is 326 g/mol. The van der Waals surface area contributed by atoms with E-state index in [4.69, 9.17) is 4.52 Å². The molecule has 3 rings (SSSR count). The Morgan fingerprint density at radius 1 is 1.17 bits per heavy atom. The number of aryl methyl sites for hydroxylation is 1. The molecule has 1 N–H and O–H groups in total. The van der Waals surface area contributed by atoms with Gasteiger partial charge in [0.15, 0.2) is 0 Å². The van der Waals surface area contributed by atoms with E-state index in [1.54, 1.807) is 30.5 Å². The van der Waals surface area contributed by atoms with Gasteiger partial charge in [-0.15, -0.1) is 0 Å². The van der Waals surface area contributed by atoms with Crippen LogP contribution < -0.4 is 5.32 Å². The molecule has 0 radical (unpaired) electrons. The lowest BCUT2D eigenvalue weighted by Gasteiger charge is -2.02.